The lowest BCUT2D eigenvalue weighted by Crippen LogP contribution is -2.48. The Kier molecular flexibility index (Phi) is 4.77. The van der Waals surface area contributed by atoms with Gasteiger partial charge in [-0.05, 0) is 37.8 Å². The molecule has 6 heteroatoms. The van der Waals surface area contributed by atoms with Crippen molar-refractivity contribution >= 4 is 17.7 Å². The van der Waals surface area contributed by atoms with E-state index in [4.69, 9.17) is 5.73 Å². The predicted octanol–water partition coefficient (Wildman–Crippen LogP) is 1.58. The van der Waals surface area contributed by atoms with Crippen LogP contribution >= 0.6 is 0 Å². The summed E-state index contributed by atoms with van der Waals surface area (Å²) in [5.41, 5.74) is 6.41. The first-order valence-electron chi connectivity index (χ1n) is 7.33. The van der Waals surface area contributed by atoms with Crippen LogP contribution < -0.4 is 10.6 Å². The van der Waals surface area contributed by atoms with Crippen LogP contribution in [0.15, 0.2) is 12.1 Å². The van der Waals surface area contributed by atoms with Gasteiger partial charge >= 0.3 is 5.97 Å². The van der Waals surface area contributed by atoms with Gasteiger partial charge in [-0.25, -0.2) is 9.78 Å². The van der Waals surface area contributed by atoms with Crippen LogP contribution in [0.25, 0.3) is 0 Å². The molecule has 1 aliphatic heterocycles. The molecule has 0 aliphatic carbocycles. The second-order valence-electron chi connectivity index (χ2n) is 5.37. The van der Waals surface area contributed by atoms with Crippen molar-refractivity contribution in [2.75, 3.05) is 11.4 Å². The third kappa shape index (κ3) is 3.51. The van der Waals surface area contributed by atoms with Crippen LogP contribution in [0.4, 0.5) is 5.82 Å². The normalized spacial score (nSPS) is 18.5. The summed E-state index contributed by atoms with van der Waals surface area (Å²) in [4.78, 5) is 29.2. The van der Waals surface area contributed by atoms with E-state index in [0.29, 0.717) is 25.2 Å². The summed E-state index contributed by atoms with van der Waals surface area (Å²) in [7, 11) is 0. The van der Waals surface area contributed by atoms with Crippen molar-refractivity contribution in [3.63, 3.8) is 0 Å². The van der Waals surface area contributed by atoms with Crippen molar-refractivity contribution < 1.29 is 14.7 Å². The number of amides is 1. The van der Waals surface area contributed by atoms with Gasteiger partial charge in [-0.3, -0.25) is 4.79 Å². The first-order chi connectivity index (χ1) is 10.0. The first kappa shape index (κ1) is 15.3. The van der Waals surface area contributed by atoms with Gasteiger partial charge in [-0.1, -0.05) is 13.3 Å². The number of aromatic carboxylic acids is 1. The highest BCUT2D eigenvalue weighted by molar-refractivity contribution is 5.89. The number of nitrogens with zero attached hydrogens (tertiary/aromatic N) is 2. The zero-order valence-electron chi connectivity index (χ0n) is 12.2. The van der Waals surface area contributed by atoms with Crippen LogP contribution in [0.1, 0.15) is 48.7 Å². The topological polar surface area (TPSA) is 96.5 Å². The molecular weight excluding hydrogens is 270 g/mol. The van der Waals surface area contributed by atoms with Crippen molar-refractivity contribution in [2.24, 2.45) is 5.73 Å². The molecule has 1 saturated heterocycles. The van der Waals surface area contributed by atoms with Crippen molar-refractivity contribution in [3.05, 3.63) is 23.4 Å². The number of anilines is 1. The number of piperidine rings is 1. The number of carbonyl (C=O) groups is 2. The summed E-state index contributed by atoms with van der Waals surface area (Å²) in [6.45, 7) is 2.69. The molecule has 114 valence electrons. The van der Waals surface area contributed by atoms with Gasteiger partial charge in [0.1, 0.15) is 11.9 Å². The molecule has 1 aromatic heterocycles. The average Bonchev–Trinajstić information content (AvgIpc) is 2.47. The molecule has 2 rings (SSSR count). The van der Waals surface area contributed by atoms with E-state index < -0.39 is 12.0 Å². The Morgan fingerprint density at radius 3 is 2.81 bits per heavy atom. The van der Waals surface area contributed by atoms with Gasteiger partial charge in [0.05, 0.1) is 5.56 Å². The maximum Gasteiger partial charge on any atom is 0.335 e. The second-order valence-corrected chi connectivity index (χ2v) is 5.37. The van der Waals surface area contributed by atoms with Crippen LogP contribution in [0.3, 0.4) is 0 Å². The maximum absolute atomic E-state index is 11.6. The highest BCUT2D eigenvalue weighted by Gasteiger charge is 2.28. The third-order valence-electron chi connectivity index (χ3n) is 3.74. The van der Waals surface area contributed by atoms with Gasteiger partial charge in [0.15, 0.2) is 0 Å². The summed E-state index contributed by atoms with van der Waals surface area (Å²) < 4.78 is 0. The number of aryl methyl sites for hydroxylation is 1. The molecule has 1 amide bonds. The van der Waals surface area contributed by atoms with Gasteiger partial charge in [-0.15, -0.1) is 0 Å². The minimum Gasteiger partial charge on any atom is -0.478 e. The standard InChI is InChI=1S/C15H21N3O3/c1-2-5-11-8-10(15(20)21)9-13(17-11)18-7-4-3-6-12(18)14(16)19/h8-9,12H,2-7H2,1H3,(H2,16,19)(H,20,21). The molecule has 21 heavy (non-hydrogen) atoms. The van der Waals surface area contributed by atoms with Crippen LogP contribution in [0.5, 0.6) is 0 Å². The summed E-state index contributed by atoms with van der Waals surface area (Å²) in [6.07, 6.45) is 4.19. The molecule has 1 atom stereocenters. The fourth-order valence-corrected chi connectivity index (χ4v) is 2.73. The van der Waals surface area contributed by atoms with E-state index in [1.165, 1.54) is 6.07 Å². The Labute approximate surface area is 124 Å². The molecule has 2 heterocycles. The minimum absolute atomic E-state index is 0.206. The molecule has 0 radical (unpaired) electrons. The fourth-order valence-electron chi connectivity index (χ4n) is 2.73. The first-order valence-corrected chi connectivity index (χ1v) is 7.33. The fraction of sp³-hybridized carbons (Fsp3) is 0.533. The van der Waals surface area contributed by atoms with E-state index in [-0.39, 0.29) is 11.5 Å². The van der Waals surface area contributed by atoms with Gasteiger partial charge in [0.25, 0.3) is 0 Å². The lowest BCUT2D eigenvalue weighted by Gasteiger charge is -2.35. The van der Waals surface area contributed by atoms with Crippen molar-refractivity contribution in [2.45, 2.75) is 45.1 Å². The quantitative estimate of drug-likeness (QED) is 0.858. The van der Waals surface area contributed by atoms with E-state index in [1.807, 2.05) is 11.8 Å². The van der Waals surface area contributed by atoms with Gasteiger partial charge < -0.3 is 15.7 Å². The van der Waals surface area contributed by atoms with Gasteiger partial charge in [-0.2, -0.15) is 0 Å². The Balaban J connectivity index is 2.40. The lowest BCUT2D eigenvalue weighted by atomic mass is 10.0. The minimum atomic E-state index is -0.983. The largest absolute Gasteiger partial charge is 0.478 e. The molecule has 1 aromatic rings. The number of primary amides is 1. The number of rotatable bonds is 5. The number of pyridine rings is 1. The SMILES string of the molecule is CCCc1cc(C(=O)O)cc(N2CCCCC2C(N)=O)n1. The number of carbonyl (C=O) groups excluding carboxylic acids is 1. The van der Waals surface area contributed by atoms with Crippen LogP contribution in [0, 0.1) is 0 Å². The number of carboxylic acid groups (broad SMARTS) is 1. The summed E-state index contributed by atoms with van der Waals surface area (Å²) in [6, 6.07) is 2.73. The molecule has 1 aliphatic rings. The second kappa shape index (κ2) is 6.56. The number of hydrogen-bond donors (Lipinski definition) is 2. The van der Waals surface area contributed by atoms with E-state index in [2.05, 4.69) is 4.98 Å². The summed E-state index contributed by atoms with van der Waals surface area (Å²) in [5.74, 6) is -0.820. The highest BCUT2D eigenvalue weighted by atomic mass is 16.4. The maximum atomic E-state index is 11.6. The van der Waals surface area contributed by atoms with Crippen molar-refractivity contribution in [1.82, 2.24) is 4.98 Å². The average molecular weight is 291 g/mol. The van der Waals surface area contributed by atoms with Crippen LogP contribution in [-0.4, -0.2) is 34.6 Å². The number of nitrogens with two attached hydrogens (primary N) is 1. The molecule has 1 fully saturated rings. The zero-order chi connectivity index (χ0) is 15.4. The summed E-state index contributed by atoms with van der Waals surface area (Å²) >= 11 is 0. The van der Waals surface area contributed by atoms with Gasteiger partial charge in [0.2, 0.25) is 5.91 Å². The van der Waals surface area contributed by atoms with Crippen LogP contribution in [0.2, 0.25) is 0 Å². The van der Waals surface area contributed by atoms with E-state index >= 15 is 0 Å². The molecule has 0 saturated carbocycles. The number of carboxylic acids is 1. The van der Waals surface area contributed by atoms with E-state index in [1.54, 1.807) is 6.07 Å². The Morgan fingerprint density at radius 1 is 1.43 bits per heavy atom. The number of hydrogen-bond acceptors (Lipinski definition) is 4. The summed E-state index contributed by atoms with van der Waals surface area (Å²) in [5, 5.41) is 9.24. The number of aromatic nitrogens is 1. The molecule has 1 unspecified atom stereocenters. The van der Waals surface area contributed by atoms with E-state index in [9.17, 15) is 14.7 Å². The third-order valence-corrected chi connectivity index (χ3v) is 3.74. The molecular formula is C15H21N3O3. The van der Waals surface area contributed by atoms with Crippen molar-refractivity contribution in [1.29, 1.82) is 0 Å². The molecule has 3 N–H and O–H groups in total. The zero-order valence-corrected chi connectivity index (χ0v) is 12.2. The van der Waals surface area contributed by atoms with Crippen molar-refractivity contribution in [3.8, 4) is 0 Å². The highest BCUT2D eigenvalue weighted by Crippen LogP contribution is 2.25. The molecule has 6 nitrogen and oxygen atoms in total. The van der Waals surface area contributed by atoms with Crippen LogP contribution in [-0.2, 0) is 11.2 Å². The Hall–Kier alpha value is -2.11. The van der Waals surface area contributed by atoms with Gasteiger partial charge in [0, 0.05) is 12.2 Å². The predicted molar refractivity (Wildman–Crippen MR) is 79.4 cm³/mol. The molecule has 0 bridgehead atoms. The van der Waals surface area contributed by atoms with E-state index in [0.717, 1.165) is 25.0 Å². The molecule has 0 spiro atoms. The smallest absolute Gasteiger partial charge is 0.335 e. The lowest BCUT2D eigenvalue weighted by molar-refractivity contribution is -0.119. The Bertz CT molecular complexity index is 545. The monoisotopic (exact) mass is 291 g/mol. The Morgan fingerprint density at radius 2 is 2.19 bits per heavy atom. The molecule has 0 aromatic carbocycles.